The fourth-order valence-corrected chi connectivity index (χ4v) is 2.53. The summed E-state index contributed by atoms with van der Waals surface area (Å²) in [7, 11) is 0. The Hall–Kier alpha value is -2.40. The van der Waals surface area contributed by atoms with Crippen molar-refractivity contribution < 1.29 is 4.79 Å². The Morgan fingerprint density at radius 3 is 2.76 bits per heavy atom. The summed E-state index contributed by atoms with van der Waals surface area (Å²) in [6, 6.07) is 15.1. The lowest BCUT2D eigenvalue weighted by Crippen LogP contribution is -2.17. The van der Waals surface area contributed by atoms with Crippen LogP contribution in [0.1, 0.15) is 15.9 Å². The fraction of sp³-hybridized carbons (Fsp3) is 0. The lowest BCUT2D eigenvalue weighted by molar-refractivity contribution is 0.0954. The Labute approximate surface area is 130 Å². The van der Waals surface area contributed by atoms with E-state index in [9.17, 15) is 4.79 Å². The van der Waals surface area contributed by atoms with Crippen LogP contribution in [0, 0.1) is 0 Å². The number of H-pyrrole nitrogens is 1. The molecular formula is C16H12BrN3O. The summed E-state index contributed by atoms with van der Waals surface area (Å²) in [5, 5.41) is 5.08. The van der Waals surface area contributed by atoms with Crippen molar-refractivity contribution in [3.8, 4) is 0 Å². The molecule has 1 amide bonds. The number of aromatic amines is 1. The molecule has 0 aliphatic rings. The van der Waals surface area contributed by atoms with Gasteiger partial charge in [-0.15, -0.1) is 0 Å². The van der Waals surface area contributed by atoms with Crippen LogP contribution in [0.15, 0.2) is 64.3 Å². The third-order valence-corrected chi connectivity index (χ3v) is 3.80. The summed E-state index contributed by atoms with van der Waals surface area (Å²) >= 11 is 3.34. The van der Waals surface area contributed by atoms with Crippen LogP contribution in [0.4, 0.5) is 0 Å². The van der Waals surface area contributed by atoms with Crippen LogP contribution in [0.25, 0.3) is 10.9 Å². The quantitative estimate of drug-likeness (QED) is 0.553. The van der Waals surface area contributed by atoms with Crippen molar-refractivity contribution in [1.82, 2.24) is 10.4 Å². The van der Waals surface area contributed by atoms with Crippen LogP contribution in [-0.4, -0.2) is 17.1 Å². The number of carbonyl (C=O) groups excluding carboxylic acids is 1. The molecule has 2 aromatic carbocycles. The number of nitrogens with one attached hydrogen (secondary N) is 2. The Morgan fingerprint density at radius 2 is 1.90 bits per heavy atom. The number of fused-ring (bicyclic) bond motifs is 1. The van der Waals surface area contributed by atoms with Crippen LogP contribution in [0.3, 0.4) is 0 Å². The van der Waals surface area contributed by atoms with Gasteiger partial charge in [0.15, 0.2) is 0 Å². The van der Waals surface area contributed by atoms with Gasteiger partial charge in [0.05, 0.1) is 11.8 Å². The van der Waals surface area contributed by atoms with Crippen LogP contribution < -0.4 is 5.43 Å². The van der Waals surface area contributed by atoms with Gasteiger partial charge >= 0.3 is 0 Å². The van der Waals surface area contributed by atoms with Crippen molar-refractivity contribution in [2.24, 2.45) is 5.10 Å². The first-order chi connectivity index (χ1) is 10.3. The highest BCUT2D eigenvalue weighted by Gasteiger charge is 2.07. The third-order valence-electron chi connectivity index (χ3n) is 3.11. The Kier molecular flexibility index (Phi) is 3.83. The van der Waals surface area contributed by atoms with Crippen molar-refractivity contribution in [2.45, 2.75) is 0 Å². The second-order valence-electron chi connectivity index (χ2n) is 4.47. The lowest BCUT2D eigenvalue weighted by atomic mass is 10.2. The van der Waals surface area contributed by atoms with E-state index in [1.165, 1.54) is 0 Å². The van der Waals surface area contributed by atoms with Crippen molar-refractivity contribution in [2.75, 3.05) is 0 Å². The molecule has 104 valence electrons. The van der Waals surface area contributed by atoms with Gasteiger partial charge in [0, 0.05) is 27.1 Å². The normalized spacial score (nSPS) is 11.1. The van der Waals surface area contributed by atoms with Crippen molar-refractivity contribution in [3.63, 3.8) is 0 Å². The topological polar surface area (TPSA) is 57.2 Å². The maximum atomic E-state index is 12.0. The molecule has 0 aliphatic heterocycles. The van der Waals surface area contributed by atoms with Crippen LogP contribution in [0.2, 0.25) is 0 Å². The summed E-state index contributed by atoms with van der Waals surface area (Å²) in [4.78, 5) is 15.2. The summed E-state index contributed by atoms with van der Waals surface area (Å²) in [5.41, 5.74) is 5.05. The molecule has 0 bridgehead atoms. The zero-order valence-electron chi connectivity index (χ0n) is 11.0. The number of hydrogen-bond donors (Lipinski definition) is 2. The first-order valence-corrected chi connectivity index (χ1v) is 7.19. The molecule has 2 N–H and O–H groups in total. The number of rotatable bonds is 3. The van der Waals surface area contributed by atoms with E-state index in [1.807, 2.05) is 48.7 Å². The molecule has 0 atom stereocenters. The summed E-state index contributed by atoms with van der Waals surface area (Å²) < 4.78 is 0.741. The van der Waals surface area contributed by atoms with Crippen LogP contribution in [0.5, 0.6) is 0 Å². The second-order valence-corrected chi connectivity index (χ2v) is 5.32. The van der Waals surface area contributed by atoms with E-state index in [0.717, 1.165) is 20.9 Å². The van der Waals surface area contributed by atoms with E-state index in [-0.39, 0.29) is 5.91 Å². The number of aromatic nitrogens is 1. The van der Waals surface area contributed by atoms with Gasteiger partial charge in [-0.25, -0.2) is 5.43 Å². The van der Waals surface area contributed by atoms with Gasteiger partial charge in [0.2, 0.25) is 0 Å². The minimum atomic E-state index is -0.251. The zero-order chi connectivity index (χ0) is 14.7. The Balaban J connectivity index is 1.76. The summed E-state index contributed by atoms with van der Waals surface area (Å²) in [6.07, 6.45) is 3.49. The van der Waals surface area contributed by atoms with Crippen LogP contribution in [-0.2, 0) is 0 Å². The van der Waals surface area contributed by atoms with E-state index < -0.39 is 0 Å². The first-order valence-electron chi connectivity index (χ1n) is 6.40. The number of carbonyl (C=O) groups is 1. The predicted molar refractivity (Wildman–Crippen MR) is 87.5 cm³/mol. The van der Waals surface area contributed by atoms with E-state index in [4.69, 9.17) is 0 Å². The van der Waals surface area contributed by atoms with Crippen LogP contribution >= 0.6 is 15.9 Å². The highest BCUT2D eigenvalue weighted by molar-refractivity contribution is 9.10. The molecule has 0 saturated carbocycles. The number of amides is 1. The third kappa shape index (κ3) is 2.87. The molecule has 0 saturated heterocycles. The average Bonchev–Trinajstić information content (AvgIpc) is 2.91. The number of hydrazone groups is 1. The minimum absolute atomic E-state index is 0.251. The molecule has 0 spiro atoms. The molecule has 0 radical (unpaired) electrons. The maximum Gasteiger partial charge on any atom is 0.272 e. The average molecular weight is 342 g/mol. The molecule has 0 fully saturated rings. The van der Waals surface area contributed by atoms with Gasteiger partial charge < -0.3 is 4.98 Å². The molecule has 21 heavy (non-hydrogen) atoms. The molecule has 4 nitrogen and oxygen atoms in total. The van der Waals surface area contributed by atoms with Gasteiger partial charge in [-0.05, 0) is 34.1 Å². The highest BCUT2D eigenvalue weighted by Crippen LogP contribution is 2.16. The van der Waals surface area contributed by atoms with E-state index in [2.05, 4.69) is 31.4 Å². The number of benzene rings is 2. The predicted octanol–water partition coefficient (Wildman–Crippen LogP) is 3.69. The molecule has 1 aromatic heterocycles. The molecule has 1 heterocycles. The van der Waals surface area contributed by atoms with Crippen molar-refractivity contribution >= 4 is 39.0 Å². The SMILES string of the molecule is O=C(N/N=C/c1c[nH]c2ccccc12)c1ccccc1Br. The van der Waals surface area contributed by atoms with Gasteiger partial charge in [0.25, 0.3) is 5.91 Å². The number of nitrogens with zero attached hydrogens (tertiary/aromatic N) is 1. The molecular weight excluding hydrogens is 330 g/mol. The van der Waals surface area contributed by atoms with E-state index in [1.54, 1.807) is 12.3 Å². The molecule has 0 unspecified atom stereocenters. The van der Waals surface area contributed by atoms with Crippen molar-refractivity contribution in [3.05, 3.63) is 70.3 Å². The number of hydrogen-bond acceptors (Lipinski definition) is 2. The summed E-state index contributed by atoms with van der Waals surface area (Å²) in [5.74, 6) is -0.251. The van der Waals surface area contributed by atoms with Gasteiger partial charge in [-0.2, -0.15) is 5.10 Å². The van der Waals surface area contributed by atoms with E-state index >= 15 is 0 Å². The minimum Gasteiger partial charge on any atom is -0.361 e. The first kappa shape index (κ1) is 13.6. The van der Waals surface area contributed by atoms with Gasteiger partial charge in [-0.3, -0.25) is 4.79 Å². The molecule has 5 heteroatoms. The second kappa shape index (κ2) is 5.93. The van der Waals surface area contributed by atoms with Gasteiger partial charge in [-0.1, -0.05) is 30.3 Å². The van der Waals surface area contributed by atoms with E-state index in [0.29, 0.717) is 5.56 Å². The Morgan fingerprint density at radius 1 is 1.14 bits per heavy atom. The van der Waals surface area contributed by atoms with Crippen molar-refractivity contribution in [1.29, 1.82) is 0 Å². The lowest BCUT2D eigenvalue weighted by Gasteiger charge is -2.01. The number of halogens is 1. The molecule has 0 aliphatic carbocycles. The molecule has 3 rings (SSSR count). The summed E-state index contributed by atoms with van der Waals surface area (Å²) in [6.45, 7) is 0. The largest absolute Gasteiger partial charge is 0.361 e. The standard InChI is InChI=1S/C16H12BrN3O/c17-14-7-3-1-6-13(14)16(21)20-19-10-11-9-18-15-8-4-2-5-12(11)15/h1-10,18H,(H,20,21)/b19-10+. The smallest absolute Gasteiger partial charge is 0.272 e. The monoisotopic (exact) mass is 341 g/mol. The zero-order valence-corrected chi connectivity index (χ0v) is 12.6. The maximum absolute atomic E-state index is 12.0. The number of para-hydroxylation sites is 1. The van der Waals surface area contributed by atoms with Gasteiger partial charge in [0.1, 0.15) is 0 Å². The molecule has 3 aromatic rings. The Bertz CT molecular complexity index is 823. The highest BCUT2D eigenvalue weighted by atomic mass is 79.9. The fourth-order valence-electron chi connectivity index (χ4n) is 2.07.